The van der Waals surface area contributed by atoms with E-state index in [0.29, 0.717) is 13.1 Å². The largest absolute Gasteiger partial charge is 0.346 e. The molecule has 5 heteroatoms. The maximum atomic E-state index is 11.4. The first-order valence-corrected chi connectivity index (χ1v) is 4.76. The lowest BCUT2D eigenvalue weighted by Crippen LogP contribution is -2.58. The van der Waals surface area contributed by atoms with Crippen LogP contribution in [-0.2, 0) is 9.59 Å². The van der Waals surface area contributed by atoms with Gasteiger partial charge in [-0.25, -0.2) is 0 Å². The van der Waals surface area contributed by atoms with Crippen molar-refractivity contribution < 1.29 is 9.59 Å². The van der Waals surface area contributed by atoms with Gasteiger partial charge in [-0.2, -0.15) is 12.6 Å². The van der Waals surface area contributed by atoms with Crippen molar-refractivity contribution in [2.45, 2.75) is 25.1 Å². The average Bonchev–Trinajstić information content (AvgIpc) is 2.09. The van der Waals surface area contributed by atoms with Crippen LogP contribution in [-0.4, -0.2) is 34.7 Å². The van der Waals surface area contributed by atoms with Crippen LogP contribution in [0.25, 0.3) is 0 Å². The van der Waals surface area contributed by atoms with Crippen LogP contribution in [0.2, 0.25) is 0 Å². The van der Waals surface area contributed by atoms with E-state index < -0.39 is 16.7 Å². The molecule has 1 fully saturated rings. The van der Waals surface area contributed by atoms with E-state index in [2.05, 4.69) is 17.9 Å². The van der Waals surface area contributed by atoms with Gasteiger partial charge in [0.25, 0.3) is 0 Å². The van der Waals surface area contributed by atoms with Gasteiger partial charge in [0.15, 0.2) is 0 Å². The third-order valence-corrected chi connectivity index (χ3v) is 2.87. The summed E-state index contributed by atoms with van der Waals surface area (Å²) in [5.41, 5.74) is 0. The zero-order chi connectivity index (χ0) is 10.1. The van der Waals surface area contributed by atoms with Crippen LogP contribution in [0.1, 0.15) is 20.3 Å². The van der Waals surface area contributed by atoms with Gasteiger partial charge in [-0.1, -0.05) is 6.92 Å². The number of hydrogen-bond acceptors (Lipinski definition) is 3. The van der Waals surface area contributed by atoms with Gasteiger partial charge < -0.3 is 10.2 Å². The summed E-state index contributed by atoms with van der Waals surface area (Å²) in [4.78, 5) is 23.4. The number of hydrogen-bond donors (Lipinski definition) is 2. The summed E-state index contributed by atoms with van der Waals surface area (Å²) in [6.07, 6.45) is 0.717. The summed E-state index contributed by atoms with van der Waals surface area (Å²) in [7, 11) is 0. The molecular weight excluding hydrogens is 188 g/mol. The van der Waals surface area contributed by atoms with Gasteiger partial charge in [0, 0.05) is 13.1 Å². The fraction of sp³-hybridized carbons (Fsp3) is 0.750. The second kappa shape index (κ2) is 3.57. The third kappa shape index (κ3) is 1.96. The highest BCUT2D eigenvalue weighted by atomic mass is 32.1. The minimum Gasteiger partial charge on any atom is -0.346 e. The number of thiol groups is 1. The third-order valence-electron chi connectivity index (χ3n) is 2.31. The molecule has 0 radical (unpaired) electrons. The molecule has 1 heterocycles. The van der Waals surface area contributed by atoms with Crippen molar-refractivity contribution in [1.82, 2.24) is 10.2 Å². The van der Waals surface area contributed by atoms with E-state index in [-0.39, 0.29) is 0 Å². The molecule has 13 heavy (non-hydrogen) atoms. The van der Waals surface area contributed by atoms with Crippen molar-refractivity contribution in [3.63, 3.8) is 0 Å². The Morgan fingerprint density at radius 1 is 1.62 bits per heavy atom. The van der Waals surface area contributed by atoms with Crippen LogP contribution in [0.5, 0.6) is 0 Å². The summed E-state index contributed by atoms with van der Waals surface area (Å²) in [6, 6.07) is 0. The maximum Gasteiger partial charge on any atom is 0.313 e. The molecule has 1 unspecified atom stereocenters. The summed E-state index contributed by atoms with van der Waals surface area (Å²) in [5, 5.41) is 2.49. The van der Waals surface area contributed by atoms with Gasteiger partial charge in [-0.15, -0.1) is 0 Å². The normalized spacial score (nSPS) is 22.5. The molecule has 0 aromatic heterocycles. The Kier molecular flexibility index (Phi) is 2.85. The zero-order valence-electron chi connectivity index (χ0n) is 7.83. The van der Waals surface area contributed by atoms with E-state index in [4.69, 9.17) is 0 Å². The first-order chi connectivity index (χ1) is 5.99. The Morgan fingerprint density at radius 2 is 2.23 bits per heavy atom. The second-order valence-electron chi connectivity index (χ2n) is 3.28. The minimum absolute atomic E-state index is 0.481. The summed E-state index contributed by atoms with van der Waals surface area (Å²) >= 11 is 4.35. The first kappa shape index (κ1) is 10.4. The molecule has 0 bridgehead atoms. The summed E-state index contributed by atoms with van der Waals surface area (Å²) < 4.78 is 0. The molecule has 0 aliphatic carbocycles. The molecule has 1 aliphatic heterocycles. The van der Waals surface area contributed by atoms with Crippen LogP contribution in [0.3, 0.4) is 0 Å². The van der Waals surface area contributed by atoms with Crippen LogP contribution >= 0.6 is 12.6 Å². The van der Waals surface area contributed by atoms with Crippen molar-refractivity contribution in [2.24, 2.45) is 0 Å². The molecule has 4 nitrogen and oxygen atoms in total. The van der Waals surface area contributed by atoms with Gasteiger partial charge in [0.1, 0.15) is 0 Å². The van der Waals surface area contributed by atoms with E-state index >= 15 is 0 Å². The van der Waals surface area contributed by atoms with Crippen molar-refractivity contribution in [3.8, 4) is 0 Å². The Bertz CT molecular complexity index is 240. The number of carbonyl (C=O) groups excluding carboxylic acids is 2. The molecule has 1 saturated heterocycles. The number of rotatable bonds is 2. The predicted molar refractivity (Wildman–Crippen MR) is 52.4 cm³/mol. The summed E-state index contributed by atoms with van der Waals surface area (Å²) in [5.74, 6) is -1.01. The van der Waals surface area contributed by atoms with E-state index in [0.717, 1.165) is 6.42 Å². The van der Waals surface area contributed by atoms with E-state index in [9.17, 15) is 9.59 Å². The standard InChI is InChI=1S/C8H14N2O2S/c1-3-8(2,13)10-5-4-9-6(11)7(10)12/h13H,3-5H2,1-2H3,(H,9,11). The number of piperazine rings is 1. The van der Waals surface area contributed by atoms with E-state index in [1.807, 2.05) is 13.8 Å². The fourth-order valence-corrected chi connectivity index (χ4v) is 1.42. The molecule has 0 saturated carbocycles. The highest BCUT2D eigenvalue weighted by Crippen LogP contribution is 2.24. The highest BCUT2D eigenvalue weighted by Gasteiger charge is 2.36. The molecule has 1 rings (SSSR count). The van der Waals surface area contributed by atoms with Gasteiger partial charge in [0.05, 0.1) is 4.87 Å². The fourth-order valence-electron chi connectivity index (χ4n) is 1.23. The number of nitrogens with zero attached hydrogens (tertiary/aromatic N) is 1. The van der Waals surface area contributed by atoms with Crippen LogP contribution in [0, 0.1) is 0 Å². The Hall–Kier alpha value is -0.710. The van der Waals surface area contributed by atoms with Crippen LogP contribution in [0.15, 0.2) is 0 Å². The quantitative estimate of drug-likeness (QED) is 0.489. The number of amides is 2. The Labute approximate surface area is 83.1 Å². The molecular formula is C8H14N2O2S. The van der Waals surface area contributed by atoms with Crippen molar-refractivity contribution >= 4 is 24.4 Å². The van der Waals surface area contributed by atoms with Gasteiger partial charge in [0.2, 0.25) is 0 Å². The smallest absolute Gasteiger partial charge is 0.313 e. The Morgan fingerprint density at radius 3 is 2.77 bits per heavy atom. The lowest BCUT2D eigenvalue weighted by atomic mass is 10.2. The predicted octanol–water partition coefficient (Wildman–Crippen LogP) is 0.000800. The van der Waals surface area contributed by atoms with Gasteiger partial charge in [-0.3, -0.25) is 9.59 Å². The number of carbonyl (C=O) groups is 2. The second-order valence-corrected chi connectivity index (χ2v) is 4.25. The lowest BCUT2D eigenvalue weighted by Gasteiger charge is -2.38. The molecule has 1 N–H and O–H groups in total. The molecule has 74 valence electrons. The first-order valence-electron chi connectivity index (χ1n) is 4.31. The maximum absolute atomic E-state index is 11.4. The number of nitrogens with one attached hydrogen (secondary N) is 1. The van der Waals surface area contributed by atoms with Crippen molar-refractivity contribution in [1.29, 1.82) is 0 Å². The summed E-state index contributed by atoms with van der Waals surface area (Å²) in [6.45, 7) is 4.83. The topological polar surface area (TPSA) is 49.4 Å². The SMILES string of the molecule is CCC(C)(S)N1CCNC(=O)C1=O. The lowest BCUT2D eigenvalue weighted by molar-refractivity contribution is -0.150. The molecule has 0 spiro atoms. The van der Waals surface area contributed by atoms with Crippen LogP contribution in [0.4, 0.5) is 0 Å². The highest BCUT2D eigenvalue weighted by molar-refractivity contribution is 7.81. The van der Waals surface area contributed by atoms with Gasteiger partial charge in [-0.05, 0) is 13.3 Å². The van der Waals surface area contributed by atoms with Crippen molar-refractivity contribution in [3.05, 3.63) is 0 Å². The van der Waals surface area contributed by atoms with E-state index in [1.165, 1.54) is 4.90 Å². The average molecular weight is 202 g/mol. The molecule has 2 amide bonds. The minimum atomic E-state index is -0.528. The van der Waals surface area contributed by atoms with Crippen LogP contribution < -0.4 is 5.32 Å². The van der Waals surface area contributed by atoms with Gasteiger partial charge >= 0.3 is 11.8 Å². The Balaban J connectivity index is 2.79. The molecule has 1 aliphatic rings. The zero-order valence-corrected chi connectivity index (χ0v) is 8.73. The molecule has 0 aromatic rings. The molecule has 1 atom stereocenters. The van der Waals surface area contributed by atoms with Crippen molar-refractivity contribution in [2.75, 3.05) is 13.1 Å². The van der Waals surface area contributed by atoms with E-state index in [1.54, 1.807) is 0 Å². The monoisotopic (exact) mass is 202 g/mol. The molecule has 0 aromatic carbocycles.